The van der Waals surface area contributed by atoms with Gasteiger partial charge < -0.3 is 24.5 Å². The summed E-state index contributed by atoms with van der Waals surface area (Å²) >= 11 is 1.55. The molecule has 2 aromatic rings. The van der Waals surface area contributed by atoms with E-state index in [1.54, 1.807) is 40.6 Å². The molecule has 9 heteroatoms. The highest BCUT2D eigenvalue weighted by Crippen LogP contribution is 2.65. The van der Waals surface area contributed by atoms with Crippen LogP contribution in [0.1, 0.15) is 12.5 Å². The van der Waals surface area contributed by atoms with Gasteiger partial charge in [0.1, 0.15) is 11.8 Å². The van der Waals surface area contributed by atoms with Crippen molar-refractivity contribution in [3.8, 4) is 5.75 Å². The lowest BCUT2D eigenvalue weighted by Crippen LogP contribution is -2.57. The topological polar surface area (TPSA) is 90.4 Å². The first-order chi connectivity index (χ1) is 19.7. The van der Waals surface area contributed by atoms with Crippen LogP contribution in [0.15, 0.2) is 78.9 Å². The summed E-state index contributed by atoms with van der Waals surface area (Å²) in [6.45, 7) is 2.50. The van der Waals surface area contributed by atoms with E-state index >= 15 is 0 Å². The molecular weight excluding hydrogens is 538 g/mol. The number of aliphatic hydroxyl groups excluding tert-OH is 1. The van der Waals surface area contributed by atoms with Gasteiger partial charge in [0.25, 0.3) is 5.91 Å². The summed E-state index contributed by atoms with van der Waals surface area (Å²) in [5.41, 5.74) is 1.65. The summed E-state index contributed by atoms with van der Waals surface area (Å²) in [5.74, 6) is -1.28. The second kappa shape index (κ2) is 10.4. The number of carbonyl (C=O) groups excluding carboxylic acids is 3. The maximum Gasteiger partial charge on any atom is 0.251 e. The van der Waals surface area contributed by atoms with E-state index < -0.39 is 33.4 Å². The van der Waals surface area contributed by atoms with Crippen LogP contribution < -0.4 is 9.64 Å². The fourth-order valence-electron chi connectivity index (χ4n) is 7.11. The van der Waals surface area contributed by atoms with Gasteiger partial charge in [-0.1, -0.05) is 54.6 Å². The Morgan fingerprint density at radius 3 is 2.34 bits per heavy atom. The first-order valence-corrected chi connectivity index (χ1v) is 14.8. The highest BCUT2D eigenvalue weighted by Gasteiger charge is 2.74. The molecule has 6 atom stereocenters. The number of thioether (sulfide) groups is 1. The Hall–Kier alpha value is -3.56. The Morgan fingerprint density at radius 1 is 0.951 bits per heavy atom. The number of nitrogens with zero attached hydrogens (tertiary/aromatic N) is 3. The standard InChI is InChI=1S/C32H35N3O5S/c1-31-15-7-17-33(2)28(37)25(31)26-29(38)35(23(20-36)19-21-9-5-4-6-10-21)27-30(39)34(18-8-16-32(26,27)41-31)22-11-13-24(40-3)14-12-22/h4-16,23,25-27,36H,17-20H2,1-3H3/t23-,25-,26+,27?,31+,32+/m1/s1. The van der Waals surface area contributed by atoms with E-state index in [0.717, 1.165) is 5.56 Å². The zero-order chi connectivity index (χ0) is 28.9. The lowest BCUT2D eigenvalue weighted by Gasteiger charge is -2.39. The van der Waals surface area contributed by atoms with Gasteiger partial charge >= 0.3 is 0 Å². The molecule has 4 aliphatic rings. The quantitative estimate of drug-likeness (QED) is 0.535. The fraction of sp³-hybridized carbons (Fsp3) is 0.406. The molecule has 0 aromatic heterocycles. The van der Waals surface area contributed by atoms with E-state index in [4.69, 9.17) is 4.74 Å². The van der Waals surface area contributed by atoms with Gasteiger partial charge in [-0.3, -0.25) is 14.4 Å². The fourth-order valence-corrected chi connectivity index (χ4v) is 9.25. The predicted octanol–water partition coefficient (Wildman–Crippen LogP) is 2.92. The third kappa shape index (κ3) is 4.28. The molecule has 2 aromatic carbocycles. The highest BCUT2D eigenvalue weighted by molar-refractivity contribution is 8.02. The van der Waals surface area contributed by atoms with Crippen LogP contribution in [0, 0.1) is 11.8 Å². The third-order valence-corrected chi connectivity index (χ3v) is 10.8. The first kappa shape index (κ1) is 27.6. The van der Waals surface area contributed by atoms with E-state index in [-0.39, 0.29) is 24.3 Å². The second-order valence-corrected chi connectivity index (χ2v) is 13.2. The van der Waals surface area contributed by atoms with Crippen molar-refractivity contribution >= 4 is 35.2 Å². The lowest BCUT2D eigenvalue weighted by molar-refractivity contribution is -0.144. The molecule has 0 bridgehead atoms. The molecule has 0 radical (unpaired) electrons. The average molecular weight is 574 g/mol. The van der Waals surface area contributed by atoms with Crippen molar-refractivity contribution in [2.24, 2.45) is 11.8 Å². The number of anilines is 1. The highest BCUT2D eigenvalue weighted by atomic mass is 32.2. The van der Waals surface area contributed by atoms with Crippen molar-refractivity contribution in [1.29, 1.82) is 0 Å². The van der Waals surface area contributed by atoms with Crippen LogP contribution in [0.5, 0.6) is 5.75 Å². The maximum absolute atomic E-state index is 14.7. The molecule has 2 fully saturated rings. The number of ether oxygens (including phenoxy) is 1. The zero-order valence-electron chi connectivity index (χ0n) is 23.5. The number of amides is 3. The van der Waals surface area contributed by atoms with Crippen LogP contribution in [-0.4, -0.2) is 88.1 Å². The molecule has 6 rings (SSSR count). The van der Waals surface area contributed by atoms with Crippen molar-refractivity contribution in [2.45, 2.75) is 34.9 Å². The van der Waals surface area contributed by atoms with Gasteiger partial charge in [-0.15, -0.1) is 11.8 Å². The summed E-state index contributed by atoms with van der Waals surface area (Å²) in [6.07, 6.45) is 8.38. The van der Waals surface area contributed by atoms with Crippen molar-refractivity contribution in [3.05, 3.63) is 84.5 Å². The summed E-state index contributed by atoms with van der Waals surface area (Å²) < 4.78 is 3.68. The number of benzene rings is 2. The predicted molar refractivity (Wildman–Crippen MR) is 159 cm³/mol. The molecule has 2 saturated heterocycles. The number of methoxy groups -OCH3 is 1. The molecular formula is C32H35N3O5S. The minimum atomic E-state index is -0.975. The number of likely N-dealkylation sites (tertiary alicyclic amines) is 1. The van der Waals surface area contributed by atoms with Gasteiger partial charge in [0.2, 0.25) is 11.8 Å². The van der Waals surface area contributed by atoms with Crippen molar-refractivity contribution < 1.29 is 24.2 Å². The molecule has 214 valence electrons. The van der Waals surface area contributed by atoms with Gasteiger partial charge in [-0.2, -0.15) is 0 Å². The molecule has 3 amide bonds. The van der Waals surface area contributed by atoms with Crippen LogP contribution in [0.3, 0.4) is 0 Å². The van der Waals surface area contributed by atoms with Crippen LogP contribution >= 0.6 is 11.8 Å². The molecule has 1 N–H and O–H groups in total. The molecule has 8 nitrogen and oxygen atoms in total. The van der Waals surface area contributed by atoms with Gasteiger partial charge in [-0.05, 0) is 43.2 Å². The number of aliphatic hydroxyl groups is 1. The first-order valence-electron chi connectivity index (χ1n) is 14.0. The Kier molecular flexibility index (Phi) is 6.98. The lowest BCUT2D eigenvalue weighted by atomic mass is 9.74. The Morgan fingerprint density at radius 2 is 1.66 bits per heavy atom. The van der Waals surface area contributed by atoms with Gasteiger partial charge in [0.05, 0.1) is 36.3 Å². The van der Waals surface area contributed by atoms with Crippen molar-refractivity contribution in [3.63, 3.8) is 0 Å². The van der Waals surface area contributed by atoms with Crippen molar-refractivity contribution in [2.75, 3.05) is 38.8 Å². The van der Waals surface area contributed by atoms with E-state index in [1.807, 2.05) is 85.8 Å². The Bertz CT molecular complexity index is 1410. The number of carbonyl (C=O) groups is 3. The van der Waals surface area contributed by atoms with Crippen LogP contribution in [0.2, 0.25) is 0 Å². The van der Waals surface area contributed by atoms with Gasteiger partial charge in [-0.25, -0.2) is 0 Å². The van der Waals surface area contributed by atoms with E-state index in [9.17, 15) is 19.5 Å². The van der Waals surface area contributed by atoms with E-state index in [1.165, 1.54) is 0 Å². The molecule has 0 aliphatic carbocycles. The molecule has 0 saturated carbocycles. The van der Waals surface area contributed by atoms with Crippen LogP contribution in [-0.2, 0) is 20.8 Å². The Balaban J connectivity index is 1.49. The summed E-state index contributed by atoms with van der Waals surface area (Å²) in [6, 6.07) is 15.4. The maximum atomic E-state index is 14.7. The second-order valence-electron chi connectivity index (χ2n) is 11.4. The zero-order valence-corrected chi connectivity index (χ0v) is 24.3. The molecule has 4 heterocycles. The summed E-state index contributed by atoms with van der Waals surface area (Å²) in [7, 11) is 3.35. The van der Waals surface area contributed by atoms with E-state index in [0.29, 0.717) is 30.9 Å². The smallest absolute Gasteiger partial charge is 0.251 e. The summed E-state index contributed by atoms with van der Waals surface area (Å²) in [4.78, 5) is 48.2. The van der Waals surface area contributed by atoms with Crippen molar-refractivity contribution in [1.82, 2.24) is 9.80 Å². The number of hydrogen-bond acceptors (Lipinski definition) is 6. The number of hydrogen-bond donors (Lipinski definition) is 1. The molecule has 1 spiro atoms. The average Bonchev–Trinajstić information content (AvgIpc) is 3.26. The normalized spacial score (nSPS) is 31.5. The van der Waals surface area contributed by atoms with Crippen LogP contribution in [0.25, 0.3) is 0 Å². The SMILES string of the molecule is COc1ccc(N2CC=C[C@]34S[C@@]5(C)C=CCN(C)C(=O)[C@H]5[C@H]3C(=O)N([C@@H](CO)Cc3ccccc3)C4C2=O)cc1. The monoisotopic (exact) mass is 573 g/mol. The van der Waals surface area contributed by atoms with Gasteiger partial charge in [0.15, 0.2) is 0 Å². The number of fused-ring (bicyclic) bond motifs is 2. The molecule has 1 unspecified atom stereocenters. The van der Waals surface area contributed by atoms with Crippen LogP contribution in [0.4, 0.5) is 5.69 Å². The summed E-state index contributed by atoms with van der Waals surface area (Å²) in [5, 5.41) is 10.7. The molecule has 4 aliphatic heterocycles. The number of rotatable bonds is 6. The minimum absolute atomic E-state index is 0.0958. The third-order valence-electron chi connectivity index (χ3n) is 9.00. The van der Waals surface area contributed by atoms with Gasteiger partial charge in [0, 0.05) is 30.6 Å². The largest absolute Gasteiger partial charge is 0.497 e. The molecule has 41 heavy (non-hydrogen) atoms. The minimum Gasteiger partial charge on any atom is -0.497 e. The Labute approximate surface area is 244 Å². The van der Waals surface area contributed by atoms with E-state index in [2.05, 4.69) is 0 Å². The number of likely N-dealkylation sites (N-methyl/N-ethyl adjacent to an activating group) is 1.